The molecule has 1 aliphatic carbocycles. The van der Waals surface area contributed by atoms with Crippen molar-refractivity contribution in [2.75, 3.05) is 39.5 Å². The van der Waals surface area contributed by atoms with Crippen molar-refractivity contribution in [2.45, 2.75) is 113 Å². The summed E-state index contributed by atoms with van der Waals surface area (Å²) in [5.41, 5.74) is -0.851. The maximum absolute atomic E-state index is 17.5. The minimum atomic E-state index is -3.49. The van der Waals surface area contributed by atoms with E-state index in [1.807, 2.05) is 113 Å². The Bertz CT molecular complexity index is 2150. The molecule has 0 spiro atoms. The number of amides is 1. The molecular formula is C48H60F5N3O4S. The SMILES string of the molecule is C[C@@H]1Cc2c([nH]c3ccccc23)[C@@H](C2(C)C(F)=CC=C(OCCN(CCCF)C(=O)OC(C)(C)C)C2F)N1CC(F)(F)COS(c1ccccc1)(c1ccccc1)C(C)(C)C. The topological polar surface area (TPSA) is 67.0 Å². The molecule has 61 heavy (non-hydrogen) atoms. The monoisotopic (exact) mass is 869 g/mol. The van der Waals surface area contributed by atoms with Crippen molar-refractivity contribution in [1.29, 1.82) is 0 Å². The number of hydrogen-bond donors (Lipinski definition) is 1. The predicted molar refractivity (Wildman–Crippen MR) is 233 cm³/mol. The fourth-order valence-corrected chi connectivity index (χ4v) is 12.4. The summed E-state index contributed by atoms with van der Waals surface area (Å²) < 4.78 is 99.0. The van der Waals surface area contributed by atoms with Crippen LogP contribution in [-0.4, -0.2) is 88.9 Å². The zero-order valence-corrected chi connectivity index (χ0v) is 37.3. The number of fused-ring (bicyclic) bond motifs is 3. The molecule has 6 rings (SSSR count). The molecule has 3 aromatic carbocycles. The van der Waals surface area contributed by atoms with Crippen LogP contribution in [0.3, 0.4) is 0 Å². The van der Waals surface area contributed by atoms with Crippen LogP contribution in [0.1, 0.15) is 79.1 Å². The van der Waals surface area contributed by atoms with Gasteiger partial charge in [0.2, 0.25) is 0 Å². The summed E-state index contributed by atoms with van der Waals surface area (Å²) in [7, 11) is -2.54. The van der Waals surface area contributed by atoms with Gasteiger partial charge in [0.05, 0.1) is 31.2 Å². The fraction of sp³-hybridized carbons (Fsp3) is 0.479. The number of halogens is 5. The molecule has 1 N–H and O–H groups in total. The van der Waals surface area contributed by atoms with Gasteiger partial charge in [-0.25, -0.2) is 22.4 Å². The summed E-state index contributed by atoms with van der Waals surface area (Å²) >= 11 is 0. The van der Waals surface area contributed by atoms with E-state index in [1.165, 1.54) is 22.8 Å². The number of nitrogens with zero attached hydrogens (tertiary/aromatic N) is 2. The lowest BCUT2D eigenvalue weighted by Crippen LogP contribution is -2.56. The molecule has 1 amide bonds. The summed E-state index contributed by atoms with van der Waals surface area (Å²) in [5, 5.41) is 0.857. The van der Waals surface area contributed by atoms with Gasteiger partial charge in [-0.2, -0.15) is 0 Å². The van der Waals surface area contributed by atoms with E-state index >= 15 is 17.6 Å². The van der Waals surface area contributed by atoms with Gasteiger partial charge in [0.25, 0.3) is 5.92 Å². The summed E-state index contributed by atoms with van der Waals surface area (Å²) in [4.78, 5) is 20.7. The van der Waals surface area contributed by atoms with Gasteiger partial charge in [-0.05, 0) is 116 Å². The third-order valence-electron chi connectivity index (χ3n) is 11.5. The van der Waals surface area contributed by atoms with Gasteiger partial charge in [-0.15, -0.1) is 0 Å². The Morgan fingerprint density at radius 1 is 0.918 bits per heavy atom. The second kappa shape index (κ2) is 18.2. The molecule has 332 valence electrons. The van der Waals surface area contributed by atoms with Crippen LogP contribution in [0.25, 0.3) is 10.9 Å². The Hall–Kier alpha value is -4.33. The van der Waals surface area contributed by atoms with Crippen LogP contribution in [0.5, 0.6) is 0 Å². The highest BCUT2D eigenvalue weighted by atomic mass is 32.3. The first-order valence-electron chi connectivity index (χ1n) is 20.9. The maximum atomic E-state index is 17.5. The molecule has 1 aliphatic heterocycles. The summed E-state index contributed by atoms with van der Waals surface area (Å²) in [5.74, 6) is -4.53. The minimum absolute atomic E-state index is 0.0458. The van der Waals surface area contributed by atoms with Crippen LogP contribution in [-0.2, 0) is 20.1 Å². The van der Waals surface area contributed by atoms with E-state index < -0.39 is 82.0 Å². The summed E-state index contributed by atoms with van der Waals surface area (Å²) in [6.07, 6.45) is -0.0544. The van der Waals surface area contributed by atoms with Crippen molar-refractivity contribution in [3.05, 3.63) is 120 Å². The van der Waals surface area contributed by atoms with Gasteiger partial charge >= 0.3 is 6.09 Å². The van der Waals surface area contributed by atoms with Crippen LogP contribution >= 0.6 is 10.3 Å². The number of aromatic nitrogens is 1. The molecule has 0 fully saturated rings. The van der Waals surface area contributed by atoms with E-state index in [0.717, 1.165) is 32.3 Å². The molecule has 0 bridgehead atoms. The van der Waals surface area contributed by atoms with Gasteiger partial charge in [0.1, 0.15) is 30.4 Å². The Morgan fingerprint density at radius 2 is 1.52 bits per heavy atom. The largest absolute Gasteiger partial charge is 0.493 e. The zero-order valence-electron chi connectivity index (χ0n) is 36.5. The third kappa shape index (κ3) is 9.54. The first-order valence-corrected chi connectivity index (χ1v) is 22.5. The van der Waals surface area contributed by atoms with Crippen molar-refractivity contribution in [1.82, 2.24) is 14.8 Å². The first kappa shape index (κ1) is 46.2. The number of ether oxygens (including phenoxy) is 2. The number of carbonyl (C=O) groups excluding carboxylic acids is 1. The van der Waals surface area contributed by atoms with Crippen LogP contribution in [0.4, 0.5) is 26.7 Å². The molecular weight excluding hydrogens is 810 g/mol. The smallest absolute Gasteiger partial charge is 0.410 e. The average molecular weight is 870 g/mol. The number of carbonyl (C=O) groups is 1. The van der Waals surface area contributed by atoms with Crippen LogP contribution in [0, 0.1) is 5.41 Å². The number of nitrogens with one attached hydrogen (secondary N) is 1. The van der Waals surface area contributed by atoms with Gasteiger partial charge in [-0.1, -0.05) is 64.9 Å². The molecule has 4 atom stereocenters. The highest BCUT2D eigenvalue weighted by Gasteiger charge is 2.57. The first-order chi connectivity index (χ1) is 28.7. The predicted octanol–water partition coefficient (Wildman–Crippen LogP) is 12.5. The summed E-state index contributed by atoms with van der Waals surface area (Å²) in [6.45, 7) is 11.7. The van der Waals surface area contributed by atoms with Crippen molar-refractivity contribution in [3.8, 4) is 0 Å². The van der Waals surface area contributed by atoms with E-state index in [4.69, 9.17) is 13.7 Å². The van der Waals surface area contributed by atoms with Crippen molar-refractivity contribution in [3.63, 3.8) is 0 Å². The lowest BCUT2D eigenvalue weighted by molar-refractivity contribution is -0.104. The fourth-order valence-electron chi connectivity index (χ4n) is 8.64. The van der Waals surface area contributed by atoms with Gasteiger partial charge < -0.3 is 23.5 Å². The Kier molecular flexibility index (Phi) is 13.8. The Labute approximate surface area is 358 Å². The number of benzene rings is 3. The second-order valence-corrected chi connectivity index (χ2v) is 21.7. The lowest BCUT2D eigenvalue weighted by Gasteiger charge is -2.52. The number of H-pyrrole nitrogens is 1. The molecule has 4 aromatic rings. The molecule has 0 radical (unpaired) electrons. The summed E-state index contributed by atoms with van der Waals surface area (Å²) in [6, 6.07) is 24.6. The van der Waals surface area contributed by atoms with Gasteiger partial charge in [-0.3, -0.25) is 9.29 Å². The molecule has 0 saturated heterocycles. The van der Waals surface area contributed by atoms with E-state index in [1.54, 1.807) is 20.8 Å². The average Bonchev–Trinajstić information content (AvgIpc) is 3.56. The molecule has 2 unspecified atom stereocenters. The van der Waals surface area contributed by atoms with E-state index in [0.29, 0.717) is 12.1 Å². The minimum Gasteiger partial charge on any atom is -0.493 e. The third-order valence-corrected chi connectivity index (χ3v) is 15.6. The number of allylic oxidation sites excluding steroid dienone is 3. The number of rotatable bonds is 15. The molecule has 2 heterocycles. The Morgan fingerprint density at radius 3 is 2.11 bits per heavy atom. The standard InChI is InChI=1S/C48H60F5N3O4S/c1-33-30-37-36-22-15-16-23-38(36)54-41(37)43(47(8)40(50)25-24-39(42(47)51)58-29-28-55(27-17-26-49)44(57)60-45(2,3)4)56(33)31-48(52,53)32-59-61(46(5,6)7,34-18-11-9-12-19-34)35-20-13-10-14-21-35/h9-16,18-25,33,42-43,54H,17,26-32H2,1-8H3/t33-,42?,43+,47?/m1/s1. The molecule has 1 aromatic heterocycles. The molecule has 13 heteroatoms. The molecule has 0 saturated carbocycles. The molecule has 7 nitrogen and oxygen atoms in total. The van der Waals surface area contributed by atoms with Crippen molar-refractivity contribution < 1.29 is 40.4 Å². The Balaban J connectivity index is 1.34. The zero-order chi connectivity index (χ0) is 44.4. The quantitative estimate of drug-likeness (QED) is 0.121. The van der Waals surface area contributed by atoms with Gasteiger partial charge in [0, 0.05) is 43.7 Å². The normalized spacial score (nSPS) is 21.7. The van der Waals surface area contributed by atoms with Crippen molar-refractivity contribution in [2.24, 2.45) is 5.41 Å². The highest BCUT2D eigenvalue weighted by molar-refractivity contribution is 8.31. The van der Waals surface area contributed by atoms with Crippen LogP contribution < -0.4 is 0 Å². The highest BCUT2D eigenvalue weighted by Crippen LogP contribution is 2.71. The number of alkyl halides is 4. The van der Waals surface area contributed by atoms with Crippen molar-refractivity contribution >= 4 is 27.3 Å². The second-order valence-electron chi connectivity index (χ2n) is 18.2. The van der Waals surface area contributed by atoms with Gasteiger partial charge in [0.15, 0.2) is 6.17 Å². The van der Waals surface area contributed by atoms with E-state index in [9.17, 15) is 9.18 Å². The maximum Gasteiger partial charge on any atom is 0.410 e. The van der Waals surface area contributed by atoms with Crippen LogP contribution in [0.2, 0.25) is 0 Å². The van der Waals surface area contributed by atoms with E-state index in [2.05, 4.69) is 4.98 Å². The number of para-hydroxylation sites is 1. The number of hydrogen-bond acceptors (Lipinski definition) is 5. The van der Waals surface area contributed by atoms with Crippen LogP contribution in [0.15, 0.2) is 118 Å². The molecule has 2 aliphatic rings. The van der Waals surface area contributed by atoms with E-state index in [-0.39, 0.29) is 31.9 Å². The lowest BCUT2D eigenvalue weighted by atomic mass is 9.69. The number of aromatic amines is 1.